The van der Waals surface area contributed by atoms with Crippen LogP contribution in [0.15, 0.2) is 18.2 Å². The number of hydrogen-bond acceptors (Lipinski definition) is 3. The van der Waals surface area contributed by atoms with Crippen molar-refractivity contribution in [2.75, 3.05) is 18.5 Å². The number of ether oxygens (including phenoxy) is 1. The second-order valence-corrected chi connectivity index (χ2v) is 5.90. The molecule has 1 aromatic carbocycles. The van der Waals surface area contributed by atoms with Crippen molar-refractivity contribution in [2.24, 2.45) is 11.1 Å². The summed E-state index contributed by atoms with van der Waals surface area (Å²) >= 11 is 0. The first-order chi connectivity index (χ1) is 10.1. The average Bonchev–Trinajstić information content (AvgIpc) is 2.38. The van der Waals surface area contributed by atoms with Crippen molar-refractivity contribution in [3.8, 4) is 5.75 Å². The largest absolute Gasteiger partial charge is 0.491 e. The Morgan fingerprint density at radius 1 is 1.27 bits per heavy atom. The standard InChI is InChI=1S/C15H21F3N2O2/c1-14(2,3)13(21)20-11-6-5-10(15(16,17)18)9-12(11)22-8-4-7-19/h5-6,9H,4,7-8,19H2,1-3H3,(H,20,21). The average molecular weight is 318 g/mol. The third-order valence-electron chi connectivity index (χ3n) is 2.84. The normalized spacial score (nSPS) is 12.1. The summed E-state index contributed by atoms with van der Waals surface area (Å²) in [6, 6.07) is 2.99. The lowest BCUT2D eigenvalue weighted by atomic mass is 9.95. The van der Waals surface area contributed by atoms with E-state index in [1.807, 2.05) is 0 Å². The monoisotopic (exact) mass is 318 g/mol. The summed E-state index contributed by atoms with van der Waals surface area (Å²) in [6.07, 6.45) is -3.97. The maximum Gasteiger partial charge on any atom is 0.416 e. The van der Waals surface area contributed by atoms with Crippen molar-refractivity contribution in [3.05, 3.63) is 23.8 Å². The van der Waals surface area contributed by atoms with E-state index in [0.29, 0.717) is 13.0 Å². The number of rotatable bonds is 5. The van der Waals surface area contributed by atoms with Crippen LogP contribution in [0, 0.1) is 5.41 Å². The number of alkyl halides is 3. The fourth-order valence-corrected chi connectivity index (χ4v) is 1.50. The number of halogens is 3. The van der Waals surface area contributed by atoms with Crippen LogP contribution in [0.1, 0.15) is 32.8 Å². The zero-order valence-corrected chi connectivity index (χ0v) is 12.9. The summed E-state index contributed by atoms with van der Waals surface area (Å²) in [7, 11) is 0. The van der Waals surface area contributed by atoms with Gasteiger partial charge in [-0.1, -0.05) is 20.8 Å². The predicted molar refractivity (Wildman–Crippen MR) is 78.7 cm³/mol. The van der Waals surface area contributed by atoms with Crippen molar-refractivity contribution >= 4 is 11.6 Å². The highest BCUT2D eigenvalue weighted by atomic mass is 19.4. The zero-order valence-electron chi connectivity index (χ0n) is 12.9. The Hall–Kier alpha value is -1.76. The van der Waals surface area contributed by atoms with Gasteiger partial charge in [-0.05, 0) is 31.2 Å². The molecule has 1 amide bonds. The molecule has 0 unspecified atom stereocenters. The smallest absolute Gasteiger partial charge is 0.416 e. The van der Waals surface area contributed by atoms with Crippen LogP contribution in [-0.2, 0) is 11.0 Å². The van der Waals surface area contributed by atoms with E-state index in [2.05, 4.69) is 5.32 Å². The van der Waals surface area contributed by atoms with E-state index in [0.717, 1.165) is 12.1 Å². The van der Waals surface area contributed by atoms with Crippen molar-refractivity contribution in [1.82, 2.24) is 0 Å². The summed E-state index contributed by atoms with van der Waals surface area (Å²) in [5.74, 6) is -0.322. The van der Waals surface area contributed by atoms with Gasteiger partial charge in [0.25, 0.3) is 0 Å². The topological polar surface area (TPSA) is 64.3 Å². The quantitative estimate of drug-likeness (QED) is 0.818. The van der Waals surface area contributed by atoms with Crippen LogP contribution in [-0.4, -0.2) is 19.1 Å². The first kappa shape index (κ1) is 18.3. The van der Waals surface area contributed by atoms with E-state index in [1.54, 1.807) is 20.8 Å². The second kappa shape index (κ2) is 7.00. The van der Waals surface area contributed by atoms with Gasteiger partial charge in [0.2, 0.25) is 5.91 Å². The summed E-state index contributed by atoms with van der Waals surface area (Å²) in [5.41, 5.74) is 4.05. The number of nitrogens with one attached hydrogen (secondary N) is 1. The molecule has 0 fully saturated rings. The molecule has 1 aromatic rings. The lowest BCUT2D eigenvalue weighted by molar-refractivity contribution is -0.137. The van der Waals surface area contributed by atoms with Crippen LogP contribution >= 0.6 is 0 Å². The zero-order chi connectivity index (χ0) is 17.0. The summed E-state index contributed by atoms with van der Waals surface area (Å²) in [5, 5.41) is 2.59. The Bertz CT molecular complexity index is 522. The summed E-state index contributed by atoms with van der Waals surface area (Å²) in [6.45, 7) is 5.67. The van der Waals surface area contributed by atoms with Gasteiger partial charge in [-0.25, -0.2) is 0 Å². The molecule has 0 spiro atoms. The molecule has 0 aliphatic heterocycles. The van der Waals surface area contributed by atoms with Gasteiger partial charge in [-0.3, -0.25) is 4.79 Å². The SMILES string of the molecule is CC(C)(C)C(=O)Nc1ccc(C(F)(F)F)cc1OCCCN. The number of hydrogen-bond donors (Lipinski definition) is 2. The molecule has 3 N–H and O–H groups in total. The van der Waals surface area contributed by atoms with Crippen molar-refractivity contribution in [2.45, 2.75) is 33.4 Å². The molecule has 0 saturated carbocycles. The minimum atomic E-state index is -4.47. The van der Waals surface area contributed by atoms with Gasteiger partial charge in [-0.15, -0.1) is 0 Å². The molecule has 0 saturated heterocycles. The van der Waals surface area contributed by atoms with Crippen molar-refractivity contribution < 1.29 is 22.7 Å². The van der Waals surface area contributed by atoms with Crippen LogP contribution in [0.2, 0.25) is 0 Å². The minimum absolute atomic E-state index is 0.0131. The lowest BCUT2D eigenvalue weighted by Gasteiger charge is -2.20. The van der Waals surface area contributed by atoms with Gasteiger partial charge in [0, 0.05) is 5.41 Å². The Morgan fingerprint density at radius 3 is 2.41 bits per heavy atom. The molecular weight excluding hydrogens is 297 g/mol. The highest BCUT2D eigenvalue weighted by Crippen LogP contribution is 2.35. The Labute approximate surface area is 127 Å². The van der Waals surface area contributed by atoms with Crippen LogP contribution in [0.5, 0.6) is 5.75 Å². The first-order valence-corrected chi connectivity index (χ1v) is 6.91. The molecule has 4 nitrogen and oxygen atoms in total. The van der Waals surface area contributed by atoms with Gasteiger partial charge in [0.1, 0.15) is 5.75 Å². The van der Waals surface area contributed by atoms with Gasteiger partial charge in [-0.2, -0.15) is 13.2 Å². The lowest BCUT2D eigenvalue weighted by Crippen LogP contribution is -2.28. The number of benzene rings is 1. The Morgan fingerprint density at radius 2 is 1.91 bits per heavy atom. The molecule has 0 aliphatic carbocycles. The maximum absolute atomic E-state index is 12.8. The second-order valence-electron chi connectivity index (χ2n) is 5.90. The third-order valence-corrected chi connectivity index (χ3v) is 2.84. The van der Waals surface area contributed by atoms with Crippen LogP contribution in [0.25, 0.3) is 0 Å². The minimum Gasteiger partial charge on any atom is -0.491 e. The molecule has 7 heteroatoms. The predicted octanol–water partition coefficient (Wildman–Crippen LogP) is 3.42. The van der Waals surface area contributed by atoms with Gasteiger partial charge >= 0.3 is 6.18 Å². The van der Waals surface area contributed by atoms with E-state index in [-0.39, 0.29) is 24.0 Å². The Balaban J connectivity index is 3.06. The molecule has 124 valence electrons. The molecule has 22 heavy (non-hydrogen) atoms. The van der Waals surface area contributed by atoms with Crippen molar-refractivity contribution in [3.63, 3.8) is 0 Å². The van der Waals surface area contributed by atoms with Gasteiger partial charge in [0.15, 0.2) is 0 Å². The molecule has 0 aromatic heterocycles. The van der Waals surface area contributed by atoms with Crippen molar-refractivity contribution in [1.29, 1.82) is 0 Å². The third kappa shape index (κ3) is 5.22. The van der Waals surface area contributed by atoms with Crippen LogP contribution in [0.3, 0.4) is 0 Å². The summed E-state index contributed by atoms with van der Waals surface area (Å²) in [4.78, 5) is 12.0. The van der Waals surface area contributed by atoms with E-state index >= 15 is 0 Å². The molecule has 0 atom stereocenters. The van der Waals surface area contributed by atoms with Gasteiger partial charge in [0.05, 0.1) is 17.9 Å². The van der Waals surface area contributed by atoms with Crippen LogP contribution in [0.4, 0.5) is 18.9 Å². The number of anilines is 1. The van der Waals surface area contributed by atoms with E-state index in [1.165, 1.54) is 6.07 Å². The molecular formula is C15H21F3N2O2. The van der Waals surface area contributed by atoms with Gasteiger partial charge < -0.3 is 15.8 Å². The first-order valence-electron chi connectivity index (χ1n) is 6.91. The molecule has 0 radical (unpaired) electrons. The fourth-order valence-electron chi connectivity index (χ4n) is 1.50. The van der Waals surface area contributed by atoms with E-state index in [9.17, 15) is 18.0 Å². The number of nitrogens with two attached hydrogens (primary N) is 1. The number of carbonyl (C=O) groups excluding carboxylic acids is 1. The van der Waals surface area contributed by atoms with E-state index in [4.69, 9.17) is 10.5 Å². The highest BCUT2D eigenvalue weighted by molar-refractivity contribution is 5.95. The fraction of sp³-hybridized carbons (Fsp3) is 0.533. The molecule has 0 heterocycles. The maximum atomic E-state index is 12.8. The van der Waals surface area contributed by atoms with Crippen LogP contribution < -0.4 is 15.8 Å². The number of carbonyl (C=O) groups is 1. The summed E-state index contributed by atoms with van der Waals surface area (Å²) < 4.78 is 43.7. The Kier molecular flexibility index (Phi) is 5.82. The molecule has 1 rings (SSSR count). The molecule has 0 bridgehead atoms. The number of amides is 1. The molecule has 0 aliphatic rings. The van der Waals surface area contributed by atoms with E-state index < -0.39 is 17.2 Å². The highest BCUT2D eigenvalue weighted by Gasteiger charge is 2.32.